The first-order valence-electron chi connectivity index (χ1n) is 7.28. The largest absolute Gasteiger partial charge is 0.545 e. The SMILES string of the molecule is CN1C(=O)/C(=C/c2ccccc2)SC1=Nc1ccc(Cl)c(C(=O)[O-])c1. The fourth-order valence-corrected chi connectivity index (χ4v) is 3.38. The van der Waals surface area contributed by atoms with Gasteiger partial charge >= 0.3 is 0 Å². The van der Waals surface area contributed by atoms with Crippen LogP contribution in [-0.2, 0) is 4.79 Å². The minimum atomic E-state index is -1.37. The van der Waals surface area contributed by atoms with Gasteiger partial charge in [-0.3, -0.25) is 9.69 Å². The number of hydrogen-bond donors (Lipinski definition) is 0. The number of nitrogens with zero attached hydrogens (tertiary/aromatic N) is 2. The van der Waals surface area contributed by atoms with Crippen molar-refractivity contribution in [3.63, 3.8) is 0 Å². The van der Waals surface area contributed by atoms with Gasteiger partial charge in [0.25, 0.3) is 5.91 Å². The average Bonchev–Trinajstić information content (AvgIpc) is 2.85. The van der Waals surface area contributed by atoms with Crippen LogP contribution in [0.15, 0.2) is 58.4 Å². The van der Waals surface area contributed by atoms with E-state index >= 15 is 0 Å². The van der Waals surface area contributed by atoms with Crippen molar-refractivity contribution in [3.05, 3.63) is 69.6 Å². The number of rotatable bonds is 3. The summed E-state index contributed by atoms with van der Waals surface area (Å²) in [6, 6.07) is 13.8. The highest BCUT2D eigenvalue weighted by atomic mass is 35.5. The van der Waals surface area contributed by atoms with Crippen LogP contribution in [0.2, 0.25) is 5.02 Å². The van der Waals surface area contributed by atoms with E-state index < -0.39 is 5.97 Å². The predicted octanol–water partition coefficient (Wildman–Crippen LogP) is 2.94. The number of carboxylic acids is 1. The van der Waals surface area contributed by atoms with E-state index in [9.17, 15) is 14.7 Å². The molecule has 25 heavy (non-hydrogen) atoms. The number of halogens is 1. The number of hydrogen-bond acceptors (Lipinski definition) is 5. The molecule has 7 heteroatoms. The van der Waals surface area contributed by atoms with E-state index in [1.807, 2.05) is 30.3 Å². The highest BCUT2D eigenvalue weighted by molar-refractivity contribution is 8.18. The molecule has 0 saturated carbocycles. The number of aromatic carboxylic acids is 1. The number of thioether (sulfide) groups is 1. The molecule has 0 spiro atoms. The van der Waals surface area contributed by atoms with Crippen molar-refractivity contribution in [3.8, 4) is 0 Å². The van der Waals surface area contributed by atoms with Crippen LogP contribution in [0.5, 0.6) is 0 Å². The monoisotopic (exact) mass is 371 g/mol. The predicted molar refractivity (Wildman–Crippen MR) is 97.7 cm³/mol. The molecule has 0 aliphatic carbocycles. The first kappa shape index (κ1) is 17.3. The molecule has 0 N–H and O–H groups in total. The second kappa shape index (κ2) is 7.13. The maximum atomic E-state index is 12.4. The number of carboxylic acid groups (broad SMARTS) is 1. The lowest BCUT2D eigenvalue weighted by atomic mass is 10.2. The average molecular weight is 372 g/mol. The van der Waals surface area contributed by atoms with E-state index in [1.54, 1.807) is 19.2 Å². The summed E-state index contributed by atoms with van der Waals surface area (Å²) in [5.74, 6) is -1.54. The van der Waals surface area contributed by atoms with Crippen LogP contribution in [-0.4, -0.2) is 29.0 Å². The Labute approximate surface area is 153 Å². The fourth-order valence-electron chi connectivity index (χ4n) is 2.20. The van der Waals surface area contributed by atoms with Crippen LogP contribution >= 0.6 is 23.4 Å². The van der Waals surface area contributed by atoms with Crippen LogP contribution in [0, 0.1) is 0 Å². The van der Waals surface area contributed by atoms with E-state index in [2.05, 4.69) is 4.99 Å². The summed E-state index contributed by atoms with van der Waals surface area (Å²) < 4.78 is 0. The van der Waals surface area contributed by atoms with Crippen LogP contribution in [0.1, 0.15) is 15.9 Å². The summed E-state index contributed by atoms with van der Waals surface area (Å²) in [6.07, 6.45) is 1.79. The Morgan fingerprint density at radius 1 is 1.24 bits per heavy atom. The lowest BCUT2D eigenvalue weighted by molar-refractivity contribution is -0.255. The molecule has 0 bridgehead atoms. The fraction of sp³-hybridized carbons (Fsp3) is 0.0556. The molecular weight excluding hydrogens is 360 g/mol. The first-order chi connectivity index (χ1) is 12.0. The number of aliphatic imine (C=N–C) groups is 1. The number of benzene rings is 2. The summed E-state index contributed by atoms with van der Waals surface area (Å²) in [5, 5.41) is 11.6. The van der Waals surface area contributed by atoms with Gasteiger partial charge in [0.15, 0.2) is 5.17 Å². The molecule has 2 aromatic carbocycles. The second-order valence-corrected chi connectivity index (χ2v) is 6.65. The molecule has 1 saturated heterocycles. The summed E-state index contributed by atoms with van der Waals surface area (Å²) in [5.41, 5.74) is 1.16. The number of carbonyl (C=O) groups is 2. The van der Waals surface area contributed by atoms with Crippen molar-refractivity contribution in [2.45, 2.75) is 0 Å². The van der Waals surface area contributed by atoms with Gasteiger partial charge in [0, 0.05) is 17.6 Å². The van der Waals surface area contributed by atoms with Gasteiger partial charge < -0.3 is 9.90 Å². The molecule has 1 fully saturated rings. The zero-order valence-corrected chi connectivity index (χ0v) is 14.7. The third kappa shape index (κ3) is 3.75. The molecule has 0 atom stereocenters. The van der Waals surface area contributed by atoms with E-state index in [-0.39, 0.29) is 16.5 Å². The number of amidine groups is 1. The highest BCUT2D eigenvalue weighted by Crippen LogP contribution is 2.33. The smallest absolute Gasteiger partial charge is 0.266 e. The van der Waals surface area contributed by atoms with E-state index in [4.69, 9.17) is 11.6 Å². The summed E-state index contributed by atoms with van der Waals surface area (Å²) >= 11 is 7.05. The van der Waals surface area contributed by atoms with E-state index in [0.29, 0.717) is 15.8 Å². The van der Waals surface area contributed by atoms with Crippen LogP contribution in [0.4, 0.5) is 5.69 Å². The zero-order valence-electron chi connectivity index (χ0n) is 13.1. The van der Waals surface area contributed by atoms with Gasteiger partial charge in [-0.25, -0.2) is 4.99 Å². The summed E-state index contributed by atoms with van der Waals surface area (Å²) in [4.78, 5) is 29.8. The molecule has 0 unspecified atom stereocenters. The Balaban J connectivity index is 1.92. The van der Waals surface area contributed by atoms with E-state index in [1.165, 1.54) is 28.8 Å². The van der Waals surface area contributed by atoms with Crippen molar-refractivity contribution in [2.75, 3.05) is 7.05 Å². The van der Waals surface area contributed by atoms with Gasteiger partial charge in [0.1, 0.15) is 0 Å². The molecule has 1 heterocycles. The first-order valence-corrected chi connectivity index (χ1v) is 8.47. The van der Waals surface area contributed by atoms with Crippen molar-refractivity contribution >= 4 is 52.2 Å². The Kier molecular flexibility index (Phi) is 4.92. The quantitative estimate of drug-likeness (QED) is 0.777. The Morgan fingerprint density at radius 2 is 1.96 bits per heavy atom. The molecular formula is C18H12ClN2O3S-. The maximum Gasteiger partial charge on any atom is 0.266 e. The highest BCUT2D eigenvalue weighted by Gasteiger charge is 2.30. The van der Waals surface area contributed by atoms with Crippen molar-refractivity contribution in [1.29, 1.82) is 0 Å². The molecule has 3 rings (SSSR count). The summed E-state index contributed by atoms with van der Waals surface area (Å²) in [6.45, 7) is 0. The molecule has 0 aromatic heterocycles. The third-order valence-corrected chi connectivity index (χ3v) is 4.89. The Bertz CT molecular complexity index is 910. The Morgan fingerprint density at radius 3 is 2.64 bits per heavy atom. The zero-order chi connectivity index (χ0) is 18.0. The lowest BCUT2D eigenvalue weighted by Crippen LogP contribution is -2.24. The molecule has 1 amide bonds. The van der Waals surface area contributed by atoms with Gasteiger partial charge in [-0.1, -0.05) is 41.9 Å². The normalized spacial score (nSPS) is 17.5. The van der Waals surface area contributed by atoms with Gasteiger partial charge in [-0.05, 0) is 41.6 Å². The second-order valence-electron chi connectivity index (χ2n) is 5.23. The van der Waals surface area contributed by atoms with Gasteiger partial charge in [-0.15, -0.1) is 0 Å². The topological polar surface area (TPSA) is 72.8 Å². The number of likely N-dealkylation sites (N-methyl/N-ethyl adjacent to an activating group) is 1. The van der Waals surface area contributed by atoms with Crippen molar-refractivity contribution < 1.29 is 14.7 Å². The third-order valence-electron chi connectivity index (χ3n) is 3.50. The molecule has 1 aliphatic rings. The van der Waals surface area contributed by atoms with Gasteiger partial charge in [-0.2, -0.15) is 0 Å². The molecule has 126 valence electrons. The van der Waals surface area contributed by atoms with Crippen LogP contribution in [0.3, 0.4) is 0 Å². The molecule has 1 aliphatic heterocycles. The van der Waals surface area contributed by atoms with Crippen molar-refractivity contribution in [2.24, 2.45) is 4.99 Å². The van der Waals surface area contributed by atoms with Crippen LogP contribution in [0.25, 0.3) is 6.08 Å². The Hall–Kier alpha value is -2.57. The van der Waals surface area contributed by atoms with E-state index in [0.717, 1.165) is 5.56 Å². The lowest BCUT2D eigenvalue weighted by Gasteiger charge is -2.09. The molecule has 2 aromatic rings. The molecule has 0 radical (unpaired) electrons. The minimum Gasteiger partial charge on any atom is -0.545 e. The van der Waals surface area contributed by atoms with Crippen molar-refractivity contribution in [1.82, 2.24) is 4.90 Å². The number of amides is 1. The molecule has 5 nitrogen and oxygen atoms in total. The van der Waals surface area contributed by atoms with Crippen LogP contribution < -0.4 is 5.11 Å². The standard InChI is InChI=1S/C18H13ClN2O3S/c1-21-16(22)15(9-11-5-3-2-4-6-11)25-18(21)20-12-7-8-14(19)13(10-12)17(23)24/h2-10H,1H3,(H,23,24)/p-1/b15-9-,20-18?. The minimum absolute atomic E-state index is 0.0807. The maximum absolute atomic E-state index is 12.4. The summed E-state index contributed by atoms with van der Waals surface area (Å²) in [7, 11) is 1.62. The van der Waals surface area contributed by atoms with Gasteiger partial charge in [0.2, 0.25) is 0 Å². The number of carbonyl (C=O) groups excluding carboxylic acids is 2. The van der Waals surface area contributed by atoms with Gasteiger partial charge in [0.05, 0.1) is 16.6 Å².